The summed E-state index contributed by atoms with van der Waals surface area (Å²) in [6, 6.07) is 9.95. The van der Waals surface area contributed by atoms with Gasteiger partial charge >= 0.3 is 5.97 Å². The molecule has 5 heteroatoms. The second-order valence-electron chi connectivity index (χ2n) is 5.30. The Kier molecular flexibility index (Phi) is 5.55. The Balaban J connectivity index is 2.32. The number of carbonyl (C=O) groups excluding carboxylic acids is 1. The number of carboxylic acids is 1. The van der Waals surface area contributed by atoms with Crippen molar-refractivity contribution in [1.82, 2.24) is 5.32 Å². The van der Waals surface area contributed by atoms with E-state index in [2.05, 4.69) is 10.2 Å². The minimum Gasteiger partial charge on any atom is -0.480 e. The maximum atomic E-state index is 11.7. The van der Waals surface area contributed by atoms with E-state index in [1.165, 1.54) is 13.8 Å². The van der Waals surface area contributed by atoms with Gasteiger partial charge in [-0.05, 0) is 32.4 Å². The fourth-order valence-corrected chi connectivity index (χ4v) is 1.65. The van der Waals surface area contributed by atoms with Crippen LogP contribution < -0.4 is 10.2 Å². The smallest absolute Gasteiger partial charge is 0.318 e. The molecular weight excluding hydrogens is 256 g/mol. The van der Waals surface area contributed by atoms with Crippen LogP contribution >= 0.6 is 0 Å². The number of anilines is 1. The van der Waals surface area contributed by atoms with E-state index in [0.717, 1.165) is 18.7 Å². The minimum absolute atomic E-state index is 0.452. The molecule has 20 heavy (non-hydrogen) atoms. The van der Waals surface area contributed by atoms with Crippen molar-refractivity contribution in [2.45, 2.75) is 20.3 Å². The van der Waals surface area contributed by atoms with Gasteiger partial charge < -0.3 is 15.3 Å². The van der Waals surface area contributed by atoms with Crippen molar-refractivity contribution in [3.63, 3.8) is 0 Å². The van der Waals surface area contributed by atoms with Gasteiger partial charge in [0.1, 0.15) is 5.41 Å². The van der Waals surface area contributed by atoms with Gasteiger partial charge in [-0.25, -0.2) is 0 Å². The summed E-state index contributed by atoms with van der Waals surface area (Å²) < 4.78 is 0. The first-order chi connectivity index (χ1) is 9.35. The van der Waals surface area contributed by atoms with Gasteiger partial charge in [-0.2, -0.15) is 0 Å². The Morgan fingerprint density at radius 1 is 1.25 bits per heavy atom. The highest BCUT2D eigenvalue weighted by Gasteiger charge is 2.35. The molecule has 0 aliphatic rings. The van der Waals surface area contributed by atoms with Gasteiger partial charge in [0.15, 0.2) is 0 Å². The van der Waals surface area contributed by atoms with Gasteiger partial charge in [0.2, 0.25) is 5.91 Å². The van der Waals surface area contributed by atoms with Crippen molar-refractivity contribution in [3.8, 4) is 0 Å². The topological polar surface area (TPSA) is 69.6 Å². The van der Waals surface area contributed by atoms with Crippen molar-refractivity contribution < 1.29 is 14.7 Å². The Hall–Kier alpha value is -2.04. The molecule has 0 fully saturated rings. The molecule has 5 nitrogen and oxygen atoms in total. The number of hydrogen-bond donors (Lipinski definition) is 2. The van der Waals surface area contributed by atoms with E-state index < -0.39 is 17.3 Å². The molecule has 0 aromatic heterocycles. The normalized spacial score (nSPS) is 10.9. The van der Waals surface area contributed by atoms with E-state index in [4.69, 9.17) is 5.11 Å². The van der Waals surface area contributed by atoms with E-state index in [-0.39, 0.29) is 0 Å². The Bertz CT molecular complexity index is 457. The van der Waals surface area contributed by atoms with Crippen LogP contribution in [-0.2, 0) is 9.59 Å². The molecule has 0 aliphatic carbocycles. The average molecular weight is 278 g/mol. The second-order valence-corrected chi connectivity index (χ2v) is 5.30. The summed E-state index contributed by atoms with van der Waals surface area (Å²) in [5, 5.41) is 11.6. The van der Waals surface area contributed by atoms with Crippen LogP contribution in [0.3, 0.4) is 0 Å². The van der Waals surface area contributed by atoms with Crippen LogP contribution in [0.5, 0.6) is 0 Å². The van der Waals surface area contributed by atoms with Crippen LogP contribution in [0.2, 0.25) is 0 Å². The highest BCUT2D eigenvalue weighted by Crippen LogP contribution is 2.15. The lowest BCUT2D eigenvalue weighted by molar-refractivity contribution is -0.153. The maximum absolute atomic E-state index is 11.7. The van der Waals surface area contributed by atoms with E-state index in [1.807, 2.05) is 37.4 Å². The number of rotatable bonds is 7. The molecule has 0 bridgehead atoms. The molecule has 2 N–H and O–H groups in total. The molecule has 0 atom stereocenters. The number of hydrogen-bond acceptors (Lipinski definition) is 3. The number of aliphatic carboxylic acids is 1. The van der Waals surface area contributed by atoms with Gasteiger partial charge in [0, 0.05) is 25.8 Å². The standard InChI is InChI=1S/C15H22N2O3/c1-15(2,14(19)20)13(18)16-10-7-11-17(3)12-8-5-4-6-9-12/h4-6,8-9H,7,10-11H2,1-3H3,(H,16,18)(H,19,20). The molecule has 1 rings (SSSR count). The Morgan fingerprint density at radius 2 is 1.85 bits per heavy atom. The molecule has 0 heterocycles. The first-order valence-electron chi connectivity index (χ1n) is 6.63. The number of nitrogens with one attached hydrogen (secondary N) is 1. The Labute approximate surface area is 119 Å². The van der Waals surface area contributed by atoms with Gasteiger partial charge in [0.25, 0.3) is 0 Å². The largest absolute Gasteiger partial charge is 0.480 e. The third-order valence-electron chi connectivity index (χ3n) is 3.26. The highest BCUT2D eigenvalue weighted by atomic mass is 16.4. The number of benzene rings is 1. The summed E-state index contributed by atoms with van der Waals surface area (Å²) >= 11 is 0. The van der Waals surface area contributed by atoms with Gasteiger partial charge in [-0.15, -0.1) is 0 Å². The van der Waals surface area contributed by atoms with Gasteiger partial charge in [-0.1, -0.05) is 18.2 Å². The van der Waals surface area contributed by atoms with Gasteiger partial charge in [0.05, 0.1) is 0 Å². The lowest BCUT2D eigenvalue weighted by Gasteiger charge is -2.21. The van der Waals surface area contributed by atoms with E-state index >= 15 is 0 Å². The number of carbonyl (C=O) groups is 2. The fraction of sp³-hybridized carbons (Fsp3) is 0.467. The van der Waals surface area contributed by atoms with Crippen LogP contribution in [0.25, 0.3) is 0 Å². The maximum Gasteiger partial charge on any atom is 0.318 e. The van der Waals surface area contributed by atoms with Crippen LogP contribution in [-0.4, -0.2) is 37.1 Å². The molecule has 1 aromatic rings. The molecule has 0 saturated carbocycles. The van der Waals surface area contributed by atoms with Crippen molar-refractivity contribution in [2.75, 3.05) is 25.0 Å². The zero-order valence-corrected chi connectivity index (χ0v) is 12.2. The van der Waals surface area contributed by atoms with E-state index in [9.17, 15) is 9.59 Å². The quantitative estimate of drug-likeness (QED) is 0.589. The molecule has 0 unspecified atom stereocenters. The molecule has 110 valence electrons. The van der Waals surface area contributed by atoms with E-state index in [1.54, 1.807) is 0 Å². The zero-order valence-electron chi connectivity index (χ0n) is 12.2. The number of para-hydroxylation sites is 1. The minimum atomic E-state index is -1.38. The van der Waals surface area contributed by atoms with Crippen LogP contribution in [0, 0.1) is 5.41 Å². The molecule has 1 amide bonds. The summed E-state index contributed by atoms with van der Waals surface area (Å²) in [6.45, 7) is 4.06. The molecule has 0 saturated heterocycles. The number of carboxylic acid groups (broad SMARTS) is 1. The number of nitrogens with zero attached hydrogens (tertiary/aromatic N) is 1. The Morgan fingerprint density at radius 3 is 2.40 bits per heavy atom. The zero-order chi connectivity index (χ0) is 15.2. The first kappa shape index (κ1) is 16.0. The third kappa shape index (κ3) is 4.26. The molecular formula is C15H22N2O3. The summed E-state index contributed by atoms with van der Waals surface area (Å²) in [4.78, 5) is 24.7. The fourth-order valence-electron chi connectivity index (χ4n) is 1.65. The second kappa shape index (κ2) is 6.93. The molecule has 1 aromatic carbocycles. The highest BCUT2D eigenvalue weighted by molar-refractivity contribution is 6.00. The van der Waals surface area contributed by atoms with Crippen molar-refractivity contribution in [2.24, 2.45) is 5.41 Å². The number of amides is 1. The predicted octanol–water partition coefficient (Wildman–Crippen LogP) is 1.74. The molecule has 0 spiro atoms. The summed E-state index contributed by atoms with van der Waals surface area (Å²) in [5.41, 5.74) is -0.268. The molecule has 0 aliphatic heterocycles. The van der Waals surface area contributed by atoms with Crippen LogP contribution in [0.4, 0.5) is 5.69 Å². The van der Waals surface area contributed by atoms with Crippen molar-refractivity contribution in [1.29, 1.82) is 0 Å². The SMILES string of the molecule is CN(CCCNC(=O)C(C)(C)C(=O)O)c1ccccc1. The monoisotopic (exact) mass is 278 g/mol. The van der Waals surface area contributed by atoms with Crippen LogP contribution in [0.15, 0.2) is 30.3 Å². The first-order valence-corrected chi connectivity index (χ1v) is 6.63. The summed E-state index contributed by atoms with van der Waals surface area (Å²) in [6.07, 6.45) is 0.757. The molecule has 0 radical (unpaired) electrons. The summed E-state index contributed by atoms with van der Waals surface area (Å²) in [5.74, 6) is -1.57. The van der Waals surface area contributed by atoms with E-state index in [0.29, 0.717) is 6.54 Å². The van der Waals surface area contributed by atoms with Crippen LogP contribution in [0.1, 0.15) is 20.3 Å². The predicted molar refractivity (Wildman–Crippen MR) is 78.8 cm³/mol. The van der Waals surface area contributed by atoms with Crippen molar-refractivity contribution in [3.05, 3.63) is 30.3 Å². The average Bonchev–Trinajstić information content (AvgIpc) is 2.43. The lowest BCUT2D eigenvalue weighted by atomic mass is 9.93. The summed E-state index contributed by atoms with van der Waals surface area (Å²) in [7, 11) is 1.98. The lowest BCUT2D eigenvalue weighted by Crippen LogP contribution is -2.43. The third-order valence-corrected chi connectivity index (χ3v) is 3.26. The van der Waals surface area contributed by atoms with Gasteiger partial charge in [-0.3, -0.25) is 9.59 Å². The van der Waals surface area contributed by atoms with Crippen molar-refractivity contribution >= 4 is 17.6 Å².